The quantitative estimate of drug-likeness (QED) is 0.843. The van der Waals surface area contributed by atoms with Crippen LogP contribution in [0, 0.1) is 5.92 Å². The van der Waals surface area contributed by atoms with Crippen molar-refractivity contribution in [2.24, 2.45) is 5.92 Å². The molecule has 2 saturated heterocycles. The number of carbonyl (C=O) groups excluding carboxylic acids is 1. The average Bonchev–Trinajstić information content (AvgIpc) is 3.09. The third-order valence-corrected chi connectivity index (χ3v) is 7.67. The molecule has 1 amide bonds. The molecule has 30 heavy (non-hydrogen) atoms. The molecule has 0 spiro atoms. The first-order valence-corrected chi connectivity index (χ1v) is 11.8. The maximum Gasteiger partial charge on any atom is 0.272 e. The fourth-order valence-corrected chi connectivity index (χ4v) is 6.00. The number of aromatic nitrogens is 2. The Kier molecular flexibility index (Phi) is 5.54. The first kappa shape index (κ1) is 20.0. The first-order valence-electron chi connectivity index (χ1n) is 11.8. The van der Waals surface area contributed by atoms with E-state index in [1.54, 1.807) is 0 Å². The summed E-state index contributed by atoms with van der Waals surface area (Å²) in [5.41, 5.74) is 1.69. The Bertz CT molecular complexity index is 886. The van der Waals surface area contributed by atoms with E-state index < -0.39 is 0 Å². The number of nitrogens with zero attached hydrogens (tertiary/aromatic N) is 4. The van der Waals surface area contributed by atoms with E-state index in [-0.39, 0.29) is 11.9 Å². The maximum absolute atomic E-state index is 13.3. The second kappa shape index (κ2) is 8.31. The lowest BCUT2D eigenvalue weighted by molar-refractivity contribution is 0.00837. The summed E-state index contributed by atoms with van der Waals surface area (Å²) in [6, 6.07) is 9.51. The molecule has 6 nitrogen and oxygen atoms in total. The van der Waals surface area contributed by atoms with E-state index >= 15 is 0 Å². The average molecular weight is 410 g/mol. The van der Waals surface area contributed by atoms with E-state index in [2.05, 4.69) is 46.0 Å². The Labute approximate surface area is 179 Å². The topological polar surface area (TPSA) is 53.4 Å². The van der Waals surface area contributed by atoms with E-state index in [0.29, 0.717) is 23.7 Å². The molecule has 3 fully saturated rings. The molecule has 6 heteroatoms. The van der Waals surface area contributed by atoms with Crippen LogP contribution in [0.15, 0.2) is 24.3 Å². The summed E-state index contributed by atoms with van der Waals surface area (Å²) in [4.78, 5) is 18.2. The van der Waals surface area contributed by atoms with E-state index in [9.17, 15) is 4.79 Å². The van der Waals surface area contributed by atoms with Crippen LogP contribution in [0.5, 0.6) is 0 Å². The molecule has 3 heterocycles. The van der Waals surface area contributed by atoms with Crippen LogP contribution in [0.3, 0.4) is 0 Å². The number of hydrogen-bond acceptors (Lipinski definition) is 4. The lowest BCUT2D eigenvalue weighted by Crippen LogP contribution is -2.63. The number of fused-ring (bicyclic) bond motifs is 3. The molecule has 3 aliphatic rings. The smallest absolute Gasteiger partial charge is 0.272 e. The summed E-state index contributed by atoms with van der Waals surface area (Å²) in [5, 5.41) is 9.17. The number of benzene rings is 1. The number of likely N-dealkylation sites (N-methyl/N-ethyl adjacent to an activating group) is 2. The summed E-state index contributed by atoms with van der Waals surface area (Å²) >= 11 is 0. The molecule has 2 bridgehead atoms. The lowest BCUT2D eigenvalue weighted by atomic mass is 9.88. The fraction of sp³-hybridized carbons (Fsp3) is 0.667. The molecule has 162 valence electrons. The predicted octanol–water partition coefficient (Wildman–Crippen LogP) is 3.12. The van der Waals surface area contributed by atoms with Gasteiger partial charge in [0.05, 0.1) is 5.52 Å². The van der Waals surface area contributed by atoms with Gasteiger partial charge >= 0.3 is 0 Å². The Hall–Kier alpha value is -1.92. The van der Waals surface area contributed by atoms with Gasteiger partial charge in [0.25, 0.3) is 5.91 Å². The molecule has 1 saturated carbocycles. The van der Waals surface area contributed by atoms with Gasteiger partial charge in [-0.1, -0.05) is 37.5 Å². The number of rotatable bonds is 4. The molecule has 1 aromatic heterocycles. The number of piperazine rings is 1. The standard InChI is InChI=1S/C24H35N5O/c1-27-15-19-12-18(13-20(16-27)28(19)2)25-24(30)23-21-10-6-7-11-22(21)29(26-23)14-17-8-4-3-5-9-17/h6-7,10-11,17-20H,3-5,8-9,12-16H2,1-2H3,(H,25,30). The highest BCUT2D eigenvalue weighted by Gasteiger charge is 2.38. The summed E-state index contributed by atoms with van der Waals surface area (Å²) in [7, 11) is 4.44. The zero-order valence-electron chi connectivity index (χ0n) is 18.4. The van der Waals surface area contributed by atoms with Crippen molar-refractivity contribution in [3.05, 3.63) is 30.0 Å². The van der Waals surface area contributed by atoms with Crippen molar-refractivity contribution < 1.29 is 4.79 Å². The lowest BCUT2D eigenvalue weighted by Gasteiger charge is -2.50. The fourth-order valence-electron chi connectivity index (χ4n) is 6.00. The van der Waals surface area contributed by atoms with Gasteiger partial charge < -0.3 is 10.2 Å². The number of likely N-dealkylation sites (tertiary alicyclic amines) is 1. The zero-order chi connectivity index (χ0) is 20.7. The molecule has 2 aromatic rings. The molecule has 2 aliphatic heterocycles. The summed E-state index contributed by atoms with van der Waals surface area (Å²) in [5.74, 6) is 0.679. The van der Waals surface area contributed by atoms with Gasteiger partial charge in [-0.15, -0.1) is 0 Å². The van der Waals surface area contributed by atoms with Crippen LogP contribution < -0.4 is 5.32 Å². The molecule has 1 N–H and O–H groups in total. The second-order valence-electron chi connectivity index (χ2n) is 9.89. The van der Waals surface area contributed by atoms with E-state index in [0.717, 1.165) is 43.4 Å². The molecule has 2 atom stereocenters. The highest BCUT2D eigenvalue weighted by molar-refractivity contribution is 6.05. The largest absolute Gasteiger partial charge is 0.348 e. The zero-order valence-corrected chi connectivity index (χ0v) is 18.4. The van der Waals surface area contributed by atoms with E-state index in [1.165, 1.54) is 32.1 Å². The van der Waals surface area contributed by atoms with Crippen LogP contribution in [0.25, 0.3) is 10.9 Å². The van der Waals surface area contributed by atoms with E-state index in [1.807, 2.05) is 12.1 Å². The molecule has 1 aliphatic carbocycles. The minimum absolute atomic E-state index is 0.00502. The van der Waals surface area contributed by atoms with Crippen molar-refractivity contribution in [1.29, 1.82) is 0 Å². The van der Waals surface area contributed by atoms with Gasteiger partial charge in [0.1, 0.15) is 0 Å². The van der Waals surface area contributed by atoms with Gasteiger partial charge in [0, 0.05) is 43.1 Å². The van der Waals surface area contributed by atoms with Crippen LogP contribution in [0.4, 0.5) is 0 Å². The SMILES string of the molecule is CN1CC2CC(NC(=O)c3nn(CC4CCCCC4)c4ccccc34)CC(C1)N2C. The van der Waals surface area contributed by atoms with Crippen LogP contribution in [0.1, 0.15) is 55.4 Å². The Morgan fingerprint density at radius 3 is 2.50 bits per heavy atom. The summed E-state index contributed by atoms with van der Waals surface area (Å²) < 4.78 is 2.10. The number of para-hydroxylation sites is 1. The molecular weight excluding hydrogens is 374 g/mol. The van der Waals surface area contributed by atoms with Gasteiger partial charge in [-0.05, 0) is 51.8 Å². The Morgan fingerprint density at radius 2 is 1.77 bits per heavy atom. The molecule has 2 unspecified atom stereocenters. The summed E-state index contributed by atoms with van der Waals surface area (Å²) in [6.45, 7) is 3.09. The van der Waals surface area contributed by atoms with Gasteiger partial charge in [-0.25, -0.2) is 0 Å². The second-order valence-corrected chi connectivity index (χ2v) is 9.89. The molecule has 1 aromatic carbocycles. The summed E-state index contributed by atoms with van der Waals surface area (Å²) in [6.07, 6.45) is 8.60. The number of amides is 1. The molecule has 0 radical (unpaired) electrons. The predicted molar refractivity (Wildman–Crippen MR) is 120 cm³/mol. The molecular formula is C24H35N5O. The molecule has 5 rings (SSSR count). The number of hydrogen-bond donors (Lipinski definition) is 1. The van der Waals surface area contributed by atoms with E-state index in [4.69, 9.17) is 5.10 Å². The van der Waals surface area contributed by atoms with Crippen LogP contribution in [0.2, 0.25) is 0 Å². The Balaban J connectivity index is 1.34. The van der Waals surface area contributed by atoms with Crippen molar-refractivity contribution in [3.63, 3.8) is 0 Å². The monoisotopic (exact) mass is 409 g/mol. The van der Waals surface area contributed by atoms with Crippen molar-refractivity contribution in [2.45, 2.75) is 69.6 Å². The van der Waals surface area contributed by atoms with Crippen LogP contribution >= 0.6 is 0 Å². The van der Waals surface area contributed by atoms with Crippen molar-refractivity contribution in [1.82, 2.24) is 24.9 Å². The Morgan fingerprint density at radius 1 is 1.07 bits per heavy atom. The normalized spacial score (nSPS) is 28.7. The van der Waals surface area contributed by atoms with Crippen molar-refractivity contribution >= 4 is 16.8 Å². The van der Waals surface area contributed by atoms with Crippen molar-refractivity contribution in [3.8, 4) is 0 Å². The minimum Gasteiger partial charge on any atom is -0.348 e. The van der Waals surface area contributed by atoms with Gasteiger partial charge in [0.15, 0.2) is 5.69 Å². The third-order valence-electron chi connectivity index (χ3n) is 7.67. The highest BCUT2D eigenvalue weighted by atomic mass is 16.2. The number of carbonyl (C=O) groups is 1. The third kappa shape index (κ3) is 3.87. The van der Waals surface area contributed by atoms with Gasteiger partial charge in [-0.2, -0.15) is 5.10 Å². The van der Waals surface area contributed by atoms with Crippen LogP contribution in [-0.2, 0) is 6.54 Å². The van der Waals surface area contributed by atoms with Crippen LogP contribution in [-0.4, -0.2) is 70.8 Å². The highest BCUT2D eigenvalue weighted by Crippen LogP contribution is 2.29. The minimum atomic E-state index is -0.00502. The van der Waals surface area contributed by atoms with Gasteiger partial charge in [0.2, 0.25) is 0 Å². The van der Waals surface area contributed by atoms with Crippen molar-refractivity contribution in [2.75, 3.05) is 27.2 Å². The first-order chi connectivity index (χ1) is 14.6. The number of nitrogens with one attached hydrogen (secondary N) is 1. The van der Waals surface area contributed by atoms with Gasteiger partial charge in [-0.3, -0.25) is 14.4 Å². The maximum atomic E-state index is 13.3. The number of piperidine rings is 1.